The number of halogens is 1. The Balaban J connectivity index is 1.76. The predicted octanol–water partition coefficient (Wildman–Crippen LogP) is 6.15. The van der Waals surface area contributed by atoms with Gasteiger partial charge in [-0.15, -0.1) is 0 Å². The number of carboxylic acid groups (broad SMARTS) is 1. The second kappa shape index (κ2) is 10.8. The standard InChI is InChI=1S/C28H34ClNO5Si/c1-36(2,3)17-16-35-28(34)22-10-6-7-11-23(22)30-25(18-12-14-19(29)15-13-18)24(27(32)33)20-8-4-5-9-21(20)26(30)31/h4-5,8-9,12-15,22-25H,6-7,10-11,16-17H2,1-3H3,(H,32,33). The number of nitrogens with zero attached hydrogens (tertiary/aromatic N) is 1. The van der Waals surface area contributed by atoms with Gasteiger partial charge in [0, 0.05) is 24.7 Å². The summed E-state index contributed by atoms with van der Waals surface area (Å²) in [5.74, 6) is -2.99. The number of aliphatic carboxylic acids is 1. The third-order valence-corrected chi connectivity index (χ3v) is 9.30. The monoisotopic (exact) mass is 527 g/mol. The summed E-state index contributed by atoms with van der Waals surface area (Å²) < 4.78 is 5.74. The number of carbonyl (C=O) groups excluding carboxylic acids is 2. The molecule has 0 radical (unpaired) electrons. The number of fused-ring (bicyclic) bond motifs is 1. The van der Waals surface area contributed by atoms with E-state index in [1.54, 1.807) is 53.4 Å². The maximum Gasteiger partial charge on any atom is 0.313 e. The molecule has 4 atom stereocenters. The summed E-state index contributed by atoms with van der Waals surface area (Å²) >= 11 is 6.13. The molecule has 4 unspecified atom stereocenters. The molecular weight excluding hydrogens is 494 g/mol. The predicted molar refractivity (Wildman–Crippen MR) is 142 cm³/mol. The fourth-order valence-corrected chi connectivity index (χ4v) is 6.32. The highest BCUT2D eigenvalue weighted by atomic mass is 35.5. The lowest BCUT2D eigenvalue weighted by molar-refractivity contribution is -0.152. The number of hydrogen-bond acceptors (Lipinski definition) is 4. The maximum absolute atomic E-state index is 14.0. The van der Waals surface area contributed by atoms with Gasteiger partial charge in [-0.3, -0.25) is 14.4 Å². The zero-order valence-electron chi connectivity index (χ0n) is 21.1. The summed E-state index contributed by atoms with van der Waals surface area (Å²) in [6, 6.07) is 13.6. The number of hydrogen-bond donors (Lipinski definition) is 1. The van der Waals surface area contributed by atoms with Crippen LogP contribution in [0.5, 0.6) is 0 Å². The molecule has 1 N–H and O–H groups in total. The fourth-order valence-electron chi connectivity index (χ4n) is 5.48. The molecule has 1 fully saturated rings. The van der Waals surface area contributed by atoms with Crippen LogP contribution in [-0.4, -0.2) is 48.6 Å². The highest BCUT2D eigenvalue weighted by Gasteiger charge is 2.50. The molecule has 1 amide bonds. The smallest absolute Gasteiger partial charge is 0.313 e. The normalized spacial score (nSPS) is 24.2. The zero-order valence-corrected chi connectivity index (χ0v) is 22.8. The van der Waals surface area contributed by atoms with E-state index in [1.165, 1.54) is 0 Å². The summed E-state index contributed by atoms with van der Waals surface area (Å²) in [6.45, 7) is 7.08. The van der Waals surface area contributed by atoms with Gasteiger partial charge in [-0.1, -0.05) is 74.4 Å². The molecule has 1 aliphatic carbocycles. The quantitative estimate of drug-likeness (QED) is 0.345. The van der Waals surface area contributed by atoms with E-state index >= 15 is 0 Å². The van der Waals surface area contributed by atoms with Crippen molar-refractivity contribution >= 4 is 37.5 Å². The Morgan fingerprint density at radius 3 is 2.39 bits per heavy atom. The second-order valence-corrected chi connectivity index (χ2v) is 17.1. The number of rotatable bonds is 7. The van der Waals surface area contributed by atoms with Crippen molar-refractivity contribution in [2.45, 2.75) is 69.4 Å². The van der Waals surface area contributed by atoms with Crippen LogP contribution >= 0.6 is 11.6 Å². The van der Waals surface area contributed by atoms with E-state index < -0.39 is 38.0 Å². The molecule has 1 heterocycles. The molecule has 4 rings (SSSR count). The van der Waals surface area contributed by atoms with Crippen LogP contribution in [0.1, 0.15) is 59.1 Å². The number of amides is 1. The van der Waals surface area contributed by atoms with Crippen molar-refractivity contribution in [3.63, 3.8) is 0 Å². The fraction of sp³-hybridized carbons (Fsp3) is 0.464. The maximum atomic E-state index is 14.0. The first-order valence-corrected chi connectivity index (χ1v) is 16.7. The summed E-state index contributed by atoms with van der Waals surface area (Å²) in [4.78, 5) is 41.7. The Hall–Kier alpha value is -2.64. The third kappa shape index (κ3) is 5.52. The number of ether oxygens (including phenoxy) is 1. The Morgan fingerprint density at radius 1 is 1.06 bits per heavy atom. The van der Waals surface area contributed by atoms with Gasteiger partial charge in [-0.2, -0.15) is 0 Å². The van der Waals surface area contributed by atoms with Gasteiger partial charge in [0.25, 0.3) is 5.91 Å². The highest BCUT2D eigenvalue weighted by molar-refractivity contribution is 6.76. The summed E-state index contributed by atoms with van der Waals surface area (Å²) in [7, 11) is -1.37. The van der Waals surface area contributed by atoms with Gasteiger partial charge in [0.1, 0.15) is 5.92 Å². The SMILES string of the molecule is C[Si](C)(C)CCOC(=O)C1CCCCC1N1C(=O)c2ccccc2C(C(=O)O)C1c1ccc(Cl)cc1. The van der Waals surface area contributed by atoms with Gasteiger partial charge in [-0.25, -0.2) is 0 Å². The Labute approximate surface area is 218 Å². The summed E-state index contributed by atoms with van der Waals surface area (Å²) in [5.41, 5.74) is 1.56. The molecule has 192 valence electrons. The topological polar surface area (TPSA) is 83.9 Å². The van der Waals surface area contributed by atoms with E-state index in [9.17, 15) is 19.5 Å². The van der Waals surface area contributed by atoms with Gasteiger partial charge in [0.2, 0.25) is 0 Å². The van der Waals surface area contributed by atoms with Crippen molar-refractivity contribution in [3.8, 4) is 0 Å². The number of benzene rings is 2. The molecule has 6 nitrogen and oxygen atoms in total. The van der Waals surface area contributed by atoms with E-state index in [1.807, 2.05) is 0 Å². The minimum atomic E-state index is -1.37. The molecule has 2 aliphatic rings. The Kier molecular flexibility index (Phi) is 7.90. The van der Waals surface area contributed by atoms with Crippen LogP contribution in [0.4, 0.5) is 0 Å². The molecule has 1 aliphatic heterocycles. The van der Waals surface area contributed by atoms with Crippen molar-refractivity contribution in [2.24, 2.45) is 5.92 Å². The lowest BCUT2D eigenvalue weighted by atomic mass is 9.75. The largest absolute Gasteiger partial charge is 0.481 e. The van der Waals surface area contributed by atoms with Gasteiger partial charge >= 0.3 is 11.9 Å². The van der Waals surface area contributed by atoms with Crippen LogP contribution in [0, 0.1) is 5.92 Å². The summed E-state index contributed by atoms with van der Waals surface area (Å²) in [5, 5.41) is 10.9. The molecule has 8 heteroatoms. The van der Waals surface area contributed by atoms with Crippen molar-refractivity contribution in [2.75, 3.05) is 6.61 Å². The average molecular weight is 528 g/mol. The molecular formula is C28H34ClNO5Si. The van der Waals surface area contributed by atoms with Gasteiger partial charge in [0.15, 0.2) is 0 Å². The first-order chi connectivity index (χ1) is 17.1. The number of carbonyl (C=O) groups is 3. The lowest BCUT2D eigenvalue weighted by Crippen LogP contribution is -2.54. The van der Waals surface area contributed by atoms with Crippen LogP contribution in [0.15, 0.2) is 48.5 Å². The van der Waals surface area contributed by atoms with Crippen LogP contribution in [0.25, 0.3) is 0 Å². The van der Waals surface area contributed by atoms with Crippen LogP contribution in [-0.2, 0) is 14.3 Å². The second-order valence-electron chi connectivity index (χ2n) is 11.0. The summed E-state index contributed by atoms with van der Waals surface area (Å²) in [6.07, 6.45) is 2.97. The van der Waals surface area contributed by atoms with Crippen molar-refractivity contribution in [1.82, 2.24) is 4.90 Å². The first kappa shape index (κ1) is 26.4. The molecule has 2 aromatic rings. The average Bonchev–Trinajstić information content (AvgIpc) is 2.83. The van der Waals surface area contributed by atoms with Crippen molar-refractivity contribution < 1.29 is 24.2 Å². The lowest BCUT2D eigenvalue weighted by Gasteiger charge is -2.48. The Morgan fingerprint density at radius 2 is 1.72 bits per heavy atom. The van der Waals surface area contributed by atoms with Crippen molar-refractivity contribution in [3.05, 3.63) is 70.2 Å². The molecule has 0 spiro atoms. The number of esters is 1. The van der Waals surface area contributed by atoms with Gasteiger partial charge in [-0.05, 0) is 48.2 Å². The van der Waals surface area contributed by atoms with Crippen LogP contribution in [0.3, 0.4) is 0 Å². The molecule has 36 heavy (non-hydrogen) atoms. The Bertz CT molecular complexity index is 1130. The minimum Gasteiger partial charge on any atom is -0.481 e. The van der Waals surface area contributed by atoms with Crippen LogP contribution < -0.4 is 0 Å². The molecule has 2 aromatic carbocycles. The zero-order chi connectivity index (χ0) is 26.0. The molecule has 1 saturated carbocycles. The number of carboxylic acids is 1. The highest BCUT2D eigenvalue weighted by Crippen LogP contribution is 2.47. The van der Waals surface area contributed by atoms with Crippen molar-refractivity contribution in [1.29, 1.82) is 0 Å². The molecule has 0 saturated heterocycles. The molecule has 0 aromatic heterocycles. The van der Waals surface area contributed by atoms with E-state index in [4.69, 9.17) is 16.3 Å². The molecule has 0 bridgehead atoms. The van der Waals surface area contributed by atoms with Gasteiger partial charge < -0.3 is 14.7 Å². The first-order valence-electron chi connectivity index (χ1n) is 12.6. The van der Waals surface area contributed by atoms with E-state index in [-0.39, 0.29) is 11.9 Å². The minimum absolute atomic E-state index is 0.241. The third-order valence-electron chi connectivity index (χ3n) is 7.34. The van der Waals surface area contributed by atoms with E-state index in [0.717, 1.165) is 18.9 Å². The van der Waals surface area contributed by atoms with E-state index in [2.05, 4.69) is 19.6 Å². The van der Waals surface area contributed by atoms with Crippen LogP contribution in [0.2, 0.25) is 30.7 Å². The van der Waals surface area contributed by atoms with Gasteiger partial charge in [0.05, 0.1) is 18.6 Å². The van der Waals surface area contributed by atoms with E-state index in [0.29, 0.717) is 41.2 Å².